The van der Waals surface area contributed by atoms with Gasteiger partial charge in [0, 0.05) is 11.1 Å². The topological polar surface area (TPSA) is 51.3 Å². The van der Waals surface area contributed by atoms with Gasteiger partial charge >= 0.3 is 6.36 Å². The maximum Gasteiger partial charge on any atom is 0.573 e. The molecule has 0 saturated heterocycles. The Labute approximate surface area is 168 Å². The first-order valence-electron chi connectivity index (χ1n) is 9.34. The van der Waals surface area contributed by atoms with Crippen molar-refractivity contribution in [3.05, 3.63) is 58.9 Å². The molecule has 0 aliphatic heterocycles. The summed E-state index contributed by atoms with van der Waals surface area (Å²) in [5.74, 6) is 0.282. The molecule has 158 valence electrons. The molecule has 0 atom stereocenters. The summed E-state index contributed by atoms with van der Waals surface area (Å²) in [4.78, 5) is 14.9. The van der Waals surface area contributed by atoms with Crippen LogP contribution >= 0.6 is 0 Å². The van der Waals surface area contributed by atoms with Gasteiger partial charge in [-0.25, -0.2) is 0 Å². The van der Waals surface area contributed by atoms with E-state index in [1.807, 2.05) is 13.8 Å². The molecule has 0 aliphatic carbocycles. The molecule has 1 N–H and O–H groups in total. The van der Waals surface area contributed by atoms with E-state index in [4.69, 9.17) is 4.74 Å². The van der Waals surface area contributed by atoms with Crippen LogP contribution in [0.1, 0.15) is 34.1 Å². The molecule has 0 fully saturated rings. The van der Waals surface area contributed by atoms with Crippen molar-refractivity contribution in [1.29, 1.82) is 0 Å². The highest BCUT2D eigenvalue weighted by atomic mass is 19.4. The Bertz CT molecular complexity index is 948. The molecular weight excluding hydrogens is 383 g/mol. The summed E-state index contributed by atoms with van der Waals surface area (Å²) in [6.45, 7) is 8.25. The summed E-state index contributed by atoms with van der Waals surface area (Å²) in [5, 5.41) is 1.17. The Morgan fingerprint density at radius 2 is 1.48 bits per heavy atom. The Balaban J connectivity index is 0.000000771. The zero-order chi connectivity index (χ0) is 22.0. The van der Waals surface area contributed by atoms with Crippen LogP contribution in [0.3, 0.4) is 0 Å². The number of rotatable bonds is 3. The highest BCUT2D eigenvalue weighted by molar-refractivity contribution is 5.86. The number of ether oxygens (including phenoxy) is 2. The second kappa shape index (κ2) is 11.1. The Hall–Kier alpha value is -2.96. The van der Waals surface area contributed by atoms with E-state index in [-0.39, 0.29) is 11.3 Å². The molecule has 1 aromatic heterocycles. The maximum atomic E-state index is 12.2. The molecule has 4 nitrogen and oxygen atoms in total. The number of halogens is 3. The predicted octanol–water partition coefficient (Wildman–Crippen LogP) is 6.54. The van der Waals surface area contributed by atoms with Gasteiger partial charge in [-0.1, -0.05) is 34.1 Å². The molecule has 3 aromatic rings. The maximum absolute atomic E-state index is 12.2. The second-order valence-corrected chi connectivity index (χ2v) is 5.74. The lowest BCUT2D eigenvalue weighted by molar-refractivity contribution is -0.274. The van der Waals surface area contributed by atoms with Crippen molar-refractivity contribution < 1.29 is 22.6 Å². The highest BCUT2D eigenvalue weighted by Gasteiger charge is 2.30. The number of H-pyrrole nitrogens is 1. The van der Waals surface area contributed by atoms with E-state index in [1.165, 1.54) is 37.8 Å². The number of aromatic nitrogens is 1. The lowest BCUT2D eigenvalue weighted by Gasteiger charge is -2.10. The molecule has 0 unspecified atom stereocenters. The summed E-state index contributed by atoms with van der Waals surface area (Å²) in [7, 11) is 1.52. The van der Waals surface area contributed by atoms with Crippen LogP contribution in [0.4, 0.5) is 13.2 Å². The van der Waals surface area contributed by atoms with Gasteiger partial charge in [0.05, 0.1) is 7.11 Å². The van der Waals surface area contributed by atoms with Gasteiger partial charge in [-0.3, -0.25) is 4.79 Å². The number of hydrogen-bond donors (Lipinski definition) is 1. The molecule has 3 rings (SSSR count). The van der Waals surface area contributed by atoms with Crippen LogP contribution in [0.15, 0.2) is 53.3 Å². The minimum Gasteiger partial charge on any atom is -0.497 e. The lowest BCUT2D eigenvalue weighted by Crippen LogP contribution is -2.17. The zero-order valence-corrected chi connectivity index (χ0v) is 17.2. The summed E-state index contributed by atoms with van der Waals surface area (Å²) >= 11 is 0. The van der Waals surface area contributed by atoms with Crippen molar-refractivity contribution in [3.63, 3.8) is 0 Å². The molecule has 0 saturated carbocycles. The van der Waals surface area contributed by atoms with E-state index >= 15 is 0 Å². The second-order valence-electron chi connectivity index (χ2n) is 5.74. The van der Waals surface area contributed by atoms with E-state index in [0.717, 1.165) is 0 Å². The average molecular weight is 409 g/mol. The molecule has 2 aromatic carbocycles. The normalized spacial score (nSPS) is 10.3. The van der Waals surface area contributed by atoms with Crippen LogP contribution < -0.4 is 15.0 Å². The van der Waals surface area contributed by atoms with Crippen molar-refractivity contribution in [1.82, 2.24) is 4.98 Å². The molecule has 0 radical (unpaired) electrons. The fourth-order valence-corrected chi connectivity index (χ4v) is 2.37. The smallest absolute Gasteiger partial charge is 0.497 e. The van der Waals surface area contributed by atoms with E-state index in [0.29, 0.717) is 27.8 Å². The minimum atomic E-state index is -4.74. The van der Waals surface area contributed by atoms with Crippen molar-refractivity contribution in [2.75, 3.05) is 7.11 Å². The fourth-order valence-electron chi connectivity index (χ4n) is 2.37. The number of benzene rings is 2. The first-order valence-corrected chi connectivity index (χ1v) is 9.34. The minimum absolute atomic E-state index is 0.291. The number of nitrogens with one attached hydrogen (secondary N) is 1. The average Bonchev–Trinajstić information content (AvgIpc) is 2.69. The summed E-state index contributed by atoms with van der Waals surface area (Å²) < 4.78 is 45.5. The number of pyridine rings is 1. The van der Waals surface area contributed by atoms with E-state index < -0.39 is 6.36 Å². The monoisotopic (exact) mass is 409 g/mol. The largest absolute Gasteiger partial charge is 0.573 e. The Morgan fingerprint density at radius 3 is 2.00 bits per heavy atom. The van der Waals surface area contributed by atoms with Gasteiger partial charge in [0.2, 0.25) is 0 Å². The molecule has 29 heavy (non-hydrogen) atoms. The third-order valence-electron chi connectivity index (χ3n) is 3.45. The SMILES string of the molecule is CC.CCC.COc1ccc2c(=O)[nH]c(-c3ccc(OC(F)(F)F)cc3)cc2c1. The zero-order valence-electron chi connectivity index (χ0n) is 17.2. The fraction of sp³-hybridized carbons (Fsp3) is 0.318. The number of fused-ring (bicyclic) bond motifs is 1. The van der Waals surface area contributed by atoms with Crippen LogP contribution in [0, 0.1) is 0 Å². The number of methoxy groups -OCH3 is 1. The standard InChI is InChI=1S/C17H12F3NO3.C3H8.C2H6/c1-23-13-6-7-14-11(8-13)9-15(21-16(14)22)10-2-4-12(5-3-10)24-17(18,19)20;1-3-2;1-2/h2-9H,1H3,(H,21,22);3H2,1-2H3;1-2H3. The van der Waals surface area contributed by atoms with Crippen LogP contribution in [0.25, 0.3) is 22.0 Å². The molecular formula is C22H26F3NO3. The van der Waals surface area contributed by atoms with Gasteiger partial charge in [0.15, 0.2) is 0 Å². The summed E-state index contributed by atoms with van der Waals surface area (Å²) in [6.07, 6.45) is -3.49. The summed E-state index contributed by atoms with van der Waals surface area (Å²) in [5.41, 5.74) is 0.756. The van der Waals surface area contributed by atoms with E-state index in [1.54, 1.807) is 24.3 Å². The van der Waals surface area contributed by atoms with Gasteiger partial charge in [-0.15, -0.1) is 13.2 Å². The van der Waals surface area contributed by atoms with E-state index in [9.17, 15) is 18.0 Å². The van der Waals surface area contributed by atoms with Crippen LogP contribution in [0.2, 0.25) is 0 Å². The molecule has 0 bridgehead atoms. The molecule has 7 heteroatoms. The third-order valence-corrected chi connectivity index (χ3v) is 3.45. The van der Waals surface area contributed by atoms with Crippen molar-refractivity contribution in [3.8, 4) is 22.8 Å². The van der Waals surface area contributed by atoms with Gasteiger partial charge < -0.3 is 14.5 Å². The molecule has 0 spiro atoms. The van der Waals surface area contributed by atoms with Gasteiger partial charge in [0.1, 0.15) is 11.5 Å². The molecule has 0 aliphatic rings. The first-order chi connectivity index (χ1) is 13.8. The van der Waals surface area contributed by atoms with Gasteiger partial charge in [-0.05, 0) is 59.5 Å². The van der Waals surface area contributed by atoms with Gasteiger partial charge in [0.25, 0.3) is 5.56 Å². The first kappa shape index (κ1) is 24.1. The molecule has 1 heterocycles. The van der Waals surface area contributed by atoms with Crippen molar-refractivity contribution in [2.45, 2.75) is 40.5 Å². The van der Waals surface area contributed by atoms with Crippen molar-refractivity contribution in [2.24, 2.45) is 0 Å². The predicted molar refractivity (Wildman–Crippen MR) is 111 cm³/mol. The number of hydrogen-bond acceptors (Lipinski definition) is 3. The number of aromatic amines is 1. The van der Waals surface area contributed by atoms with Crippen LogP contribution in [-0.4, -0.2) is 18.5 Å². The Morgan fingerprint density at radius 1 is 0.931 bits per heavy atom. The quantitative estimate of drug-likeness (QED) is 0.534. The number of alkyl halides is 3. The Kier molecular flexibility index (Phi) is 9.25. The third kappa shape index (κ3) is 7.18. The highest BCUT2D eigenvalue weighted by Crippen LogP contribution is 2.27. The van der Waals surface area contributed by atoms with Gasteiger partial charge in [-0.2, -0.15) is 0 Å². The van der Waals surface area contributed by atoms with Crippen LogP contribution in [0.5, 0.6) is 11.5 Å². The van der Waals surface area contributed by atoms with Crippen molar-refractivity contribution >= 4 is 10.8 Å². The lowest BCUT2D eigenvalue weighted by atomic mass is 10.1. The van der Waals surface area contributed by atoms with E-state index in [2.05, 4.69) is 23.6 Å². The van der Waals surface area contributed by atoms with Crippen LogP contribution in [-0.2, 0) is 0 Å². The summed E-state index contributed by atoms with van der Waals surface area (Å²) in [6, 6.07) is 12.1. The molecule has 0 amide bonds.